The number of amides is 2. The third-order valence-corrected chi connectivity index (χ3v) is 5.48. The Morgan fingerprint density at radius 3 is 2.27 bits per heavy atom. The van der Waals surface area contributed by atoms with Crippen LogP contribution in [0.2, 0.25) is 5.02 Å². The van der Waals surface area contributed by atoms with Crippen molar-refractivity contribution >= 4 is 23.4 Å². The lowest BCUT2D eigenvalue weighted by Crippen LogP contribution is -2.49. The predicted molar refractivity (Wildman–Crippen MR) is 114 cm³/mol. The molecule has 0 radical (unpaired) electrons. The van der Waals surface area contributed by atoms with Crippen molar-refractivity contribution in [3.05, 3.63) is 70.5 Å². The summed E-state index contributed by atoms with van der Waals surface area (Å²) in [6.07, 6.45) is 0. The highest BCUT2D eigenvalue weighted by Crippen LogP contribution is 2.21. The zero-order valence-electron chi connectivity index (χ0n) is 16.7. The minimum atomic E-state index is -0.634. The summed E-state index contributed by atoms with van der Waals surface area (Å²) >= 11 is 6.11. The van der Waals surface area contributed by atoms with Crippen LogP contribution in [0.1, 0.15) is 11.1 Å². The van der Waals surface area contributed by atoms with Crippen LogP contribution in [-0.4, -0.2) is 60.9 Å². The second kappa shape index (κ2) is 11.1. The first kappa shape index (κ1) is 22.2. The quantitative estimate of drug-likeness (QED) is 0.657. The molecule has 0 unspecified atom stereocenters. The first-order valence-electron chi connectivity index (χ1n) is 10.0. The summed E-state index contributed by atoms with van der Waals surface area (Å²) in [6, 6.07) is 14.2. The Kier molecular flexibility index (Phi) is 8.19. The fraction of sp³-hybridized carbons (Fsp3) is 0.364. The second-order valence-corrected chi connectivity index (χ2v) is 7.65. The number of piperazine rings is 1. The van der Waals surface area contributed by atoms with E-state index in [1.165, 1.54) is 6.07 Å². The first-order valence-corrected chi connectivity index (χ1v) is 10.4. The van der Waals surface area contributed by atoms with Crippen molar-refractivity contribution < 1.29 is 14.0 Å². The molecule has 1 aliphatic heterocycles. The summed E-state index contributed by atoms with van der Waals surface area (Å²) in [7, 11) is 0. The molecule has 2 aromatic carbocycles. The molecule has 1 heterocycles. The molecule has 0 saturated carbocycles. The Hall–Kier alpha value is -2.48. The van der Waals surface area contributed by atoms with Crippen LogP contribution in [0.3, 0.4) is 0 Å². The van der Waals surface area contributed by atoms with Gasteiger partial charge in [0.25, 0.3) is 0 Å². The number of hydrogen-bond acceptors (Lipinski definition) is 4. The van der Waals surface area contributed by atoms with E-state index in [1.807, 2.05) is 30.3 Å². The Morgan fingerprint density at radius 2 is 1.57 bits per heavy atom. The molecule has 0 atom stereocenters. The molecule has 0 bridgehead atoms. The number of carbonyl (C=O) groups is 2. The van der Waals surface area contributed by atoms with E-state index in [9.17, 15) is 14.0 Å². The van der Waals surface area contributed by atoms with Crippen molar-refractivity contribution in [2.24, 2.45) is 0 Å². The zero-order valence-corrected chi connectivity index (χ0v) is 17.5. The van der Waals surface area contributed by atoms with Gasteiger partial charge in [0.15, 0.2) is 0 Å². The van der Waals surface area contributed by atoms with Crippen LogP contribution in [-0.2, 0) is 22.7 Å². The zero-order chi connectivity index (χ0) is 21.3. The molecule has 2 amide bonds. The Bertz CT molecular complexity index is 837. The molecule has 160 valence electrons. The fourth-order valence-corrected chi connectivity index (χ4v) is 3.57. The standard InChI is InChI=1S/C22H26ClFN4O2/c23-19-7-4-8-20(24)18(19)16-28-13-11-27(12-14-28)10-9-25-21(29)22(30)26-15-17-5-2-1-3-6-17/h1-8H,9-16H2,(H,25,29)(H,26,30). The summed E-state index contributed by atoms with van der Waals surface area (Å²) in [5.41, 5.74) is 1.47. The number of nitrogens with zero attached hydrogens (tertiary/aromatic N) is 2. The molecule has 30 heavy (non-hydrogen) atoms. The number of carbonyl (C=O) groups excluding carboxylic acids is 2. The van der Waals surface area contributed by atoms with Gasteiger partial charge in [0.2, 0.25) is 0 Å². The van der Waals surface area contributed by atoms with Crippen LogP contribution in [0.15, 0.2) is 48.5 Å². The van der Waals surface area contributed by atoms with Gasteiger partial charge >= 0.3 is 11.8 Å². The summed E-state index contributed by atoms with van der Waals surface area (Å²) in [5, 5.41) is 5.72. The van der Waals surface area contributed by atoms with Crippen LogP contribution in [0, 0.1) is 5.82 Å². The van der Waals surface area contributed by atoms with Crippen LogP contribution >= 0.6 is 11.6 Å². The number of nitrogens with one attached hydrogen (secondary N) is 2. The van der Waals surface area contributed by atoms with Crippen LogP contribution in [0.25, 0.3) is 0 Å². The van der Waals surface area contributed by atoms with Crippen LogP contribution in [0.5, 0.6) is 0 Å². The lowest BCUT2D eigenvalue weighted by molar-refractivity contribution is -0.139. The van der Waals surface area contributed by atoms with Gasteiger partial charge in [-0.2, -0.15) is 0 Å². The van der Waals surface area contributed by atoms with Gasteiger partial charge in [-0.3, -0.25) is 19.4 Å². The largest absolute Gasteiger partial charge is 0.347 e. The van der Waals surface area contributed by atoms with E-state index in [2.05, 4.69) is 20.4 Å². The lowest BCUT2D eigenvalue weighted by atomic mass is 10.2. The summed E-state index contributed by atoms with van der Waals surface area (Å²) in [4.78, 5) is 28.2. The van der Waals surface area contributed by atoms with Crippen molar-refractivity contribution in [3.8, 4) is 0 Å². The number of rotatable bonds is 7. The van der Waals surface area contributed by atoms with Crippen molar-refractivity contribution in [2.45, 2.75) is 13.1 Å². The third-order valence-electron chi connectivity index (χ3n) is 5.12. The van der Waals surface area contributed by atoms with E-state index >= 15 is 0 Å². The molecule has 6 nitrogen and oxygen atoms in total. The molecular weight excluding hydrogens is 407 g/mol. The topological polar surface area (TPSA) is 64.7 Å². The van der Waals surface area contributed by atoms with Crippen molar-refractivity contribution in [3.63, 3.8) is 0 Å². The third kappa shape index (κ3) is 6.52. The molecule has 0 aliphatic carbocycles. The monoisotopic (exact) mass is 432 g/mol. The van der Waals surface area contributed by atoms with Gasteiger partial charge in [-0.05, 0) is 17.7 Å². The van der Waals surface area contributed by atoms with Gasteiger partial charge in [0.05, 0.1) is 0 Å². The number of benzene rings is 2. The highest BCUT2D eigenvalue weighted by atomic mass is 35.5. The average molecular weight is 433 g/mol. The minimum Gasteiger partial charge on any atom is -0.347 e. The molecule has 2 aromatic rings. The molecule has 1 aliphatic rings. The number of halogens is 2. The maximum Gasteiger partial charge on any atom is 0.309 e. The second-order valence-electron chi connectivity index (χ2n) is 7.24. The predicted octanol–water partition coefficient (Wildman–Crippen LogP) is 2.03. The van der Waals surface area contributed by atoms with Gasteiger partial charge < -0.3 is 10.6 Å². The highest BCUT2D eigenvalue weighted by Gasteiger charge is 2.19. The molecule has 1 saturated heterocycles. The van der Waals surface area contributed by atoms with Gasteiger partial charge in [0, 0.05) is 62.9 Å². The van der Waals surface area contributed by atoms with Gasteiger partial charge in [-0.1, -0.05) is 48.0 Å². The normalized spacial score (nSPS) is 15.0. The number of hydrogen-bond donors (Lipinski definition) is 2. The Labute approximate surface area is 181 Å². The van der Waals surface area contributed by atoms with Gasteiger partial charge in [-0.25, -0.2) is 4.39 Å². The molecule has 0 spiro atoms. The van der Waals surface area contributed by atoms with Crippen molar-refractivity contribution in [2.75, 3.05) is 39.3 Å². The van der Waals surface area contributed by atoms with Crippen LogP contribution in [0.4, 0.5) is 4.39 Å². The summed E-state index contributed by atoms with van der Waals surface area (Å²) in [6.45, 7) is 5.05. The molecular formula is C22H26ClFN4O2. The lowest BCUT2D eigenvalue weighted by Gasteiger charge is -2.34. The summed E-state index contributed by atoms with van der Waals surface area (Å²) in [5.74, 6) is -1.54. The fourth-order valence-electron chi connectivity index (χ4n) is 3.34. The van der Waals surface area contributed by atoms with Crippen molar-refractivity contribution in [1.82, 2.24) is 20.4 Å². The van der Waals surface area contributed by atoms with E-state index < -0.39 is 11.8 Å². The molecule has 1 fully saturated rings. The van der Waals surface area contributed by atoms with Gasteiger partial charge in [-0.15, -0.1) is 0 Å². The summed E-state index contributed by atoms with van der Waals surface area (Å²) < 4.78 is 13.9. The average Bonchev–Trinajstić information content (AvgIpc) is 2.76. The maximum absolute atomic E-state index is 13.9. The van der Waals surface area contributed by atoms with E-state index in [4.69, 9.17) is 11.6 Å². The molecule has 3 rings (SSSR count). The Balaban J connectivity index is 1.32. The maximum atomic E-state index is 13.9. The smallest absolute Gasteiger partial charge is 0.309 e. The first-order chi connectivity index (χ1) is 14.5. The Morgan fingerprint density at radius 1 is 0.900 bits per heavy atom. The van der Waals surface area contributed by atoms with Crippen molar-refractivity contribution in [1.29, 1.82) is 0 Å². The SMILES string of the molecule is O=C(NCCN1CCN(Cc2c(F)cccc2Cl)CC1)C(=O)NCc1ccccc1. The molecule has 0 aromatic heterocycles. The highest BCUT2D eigenvalue weighted by molar-refractivity contribution is 6.35. The van der Waals surface area contributed by atoms with E-state index in [-0.39, 0.29) is 5.82 Å². The molecule has 8 heteroatoms. The van der Waals surface area contributed by atoms with E-state index in [0.717, 1.165) is 31.7 Å². The van der Waals surface area contributed by atoms with E-state index in [0.29, 0.717) is 36.8 Å². The minimum absolute atomic E-state index is 0.279. The van der Waals surface area contributed by atoms with E-state index in [1.54, 1.807) is 12.1 Å². The van der Waals surface area contributed by atoms with Crippen LogP contribution < -0.4 is 10.6 Å². The molecule has 2 N–H and O–H groups in total. The van der Waals surface area contributed by atoms with Gasteiger partial charge in [0.1, 0.15) is 5.82 Å².